The highest BCUT2D eigenvalue weighted by atomic mass is 16.5. The number of rotatable bonds is 5. The molecule has 1 heterocycles. The van der Waals surface area contributed by atoms with Crippen LogP contribution in [0.25, 0.3) is 0 Å². The van der Waals surface area contributed by atoms with Crippen molar-refractivity contribution < 1.29 is 14.6 Å². The van der Waals surface area contributed by atoms with Gasteiger partial charge in [0.2, 0.25) is 0 Å². The summed E-state index contributed by atoms with van der Waals surface area (Å²) in [6.45, 7) is 1.84. The number of ether oxygens (including phenoxy) is 2. The molecule has 6 heteroatoms. The molecule has 1 N–H and O–H groups in total. The Hall–Kier alpha value is -2.34. The molecule has 0 amide bonds. The zero-order chi connectivity index (χ0) is 15.4. The summed E-state index contributed by atoms with van der Waals surface area (Å²) in [7, 11) is 3.07. The van der Waals surface area contributed by atoms with Gasteiger partial charge in [0.25, 0.3) is 5.56 Å². The quantitative estimate of drug-likeness (QED) is 0.898. The molecule has 0 fully saturated rings. The smallest absolute Gasteiger partial charge is 0.267 e. The molecule has 112 valence electrons. The van der Waals surface area contributed by atoms with Gasteiger partial charge in [-0.1, -0.05) is 0 Å². The SMILES string of the molecule is COc1ccc(OC)c(C(O)Cn2ncc(C)cc2=O)c1. The van der Waals surface area contributed by atoms with E-state index in [9.17, 15) is 9.90 Å². The fourth-order valence-electron chi connectivity index (χ4n) is 2.02. The molecule has 0 aliphatic carbocycles. The molecule has 2 rings (SSSR count). The van der Waals surface area contributed by atoms with Gasteiger partial charge in [0.05, 0.1) is 27.0 Å². The summed E-state index contributed by atoms with van der Waals surface area (Å²) in [4.78, 5) is 11.8. The van der Waals surface area contributed by atoms with Crippen molar-refractivity contribution in [3.8, 4) is 11.5 Å². The Morgan fingerprint density at radius 1 is 1.29 bits per heavy atom. The number of methoxy groups -OCH3 is 2. The molecule has 2 aromatic rings. The first-order valence-corrected chi connectivity index (χ1v) is 6.49. The lowest BCUT2D eigenvalue weighted by atomic mass is 10.1. The van der Waals surface area contributed by atoms with Crippen LogP contribution in [0, 0.1) is 6.92 Å². The molecule has 1 atom stereocenters. The van der Waals surface area contributed by atoms with Crippen LogP contribution in [0.2, 0.25) is 0 Å². The van der Waals surface area contributed by atoms with E-state index in [0.717, 1.165) is 5.56 Å². The summed E-state index contributed by atoms with van der Waals surface area (Å²) in [5.41, 5.74) is 1.08. The third-order valence-electron chi connectivity index (χ3n) is 3.15. The van der Waals surface area contributed by atoms with Gasteiger partial charge < -0.3 is 14.6 Å². The number of aliphatic hydroxyl groups is 1. The average Bonchev–Trinajstić information content (AvgIpc) is 2.49. The minimum absolute atomic E-state index is 0.0443. The predicted octanol–water partition coefficient (Wildman–Crippen LogP) is 1.30. The van der Waals surface area contributed by atoms with E-state index in [4.69, 9.17) is 9.47 Å². The van der Waals surface area contributed by atoms with Crippen molar-refractivity contribution in [1.82, 2.24) is 9.78 Å². The van der Waals surface area contributed by atoms with E-state index in [1.54, 1.807) is 38.4 Å². The Bertz CT molecular complexity index is 682. The van der Waals surface area contributed by atoms with E-state index >= 15 is 0 Å². The molecule has 1 aromatic heterocycles. The summed E-state index contributed by atoms with van der Waals surface area (Å²) in [5.74, 6) is 1.14. The zero-order valence-electron chi connectivity index (χ0n) is 12.2. The van der Waals surface area contributed by atoms with E-state index in [2.05, 4.69) is 5.10 Å². The highest BCUT2D eigenvalue weighted by molar-refractivity contribution is 5.41. The Kier molecular flexibility index (Phi) is 4.59. The van der Waals surface area contributed by atoms with Crippen molar-refractivity contribution in [2.75, 3.05) is 14.2 Å². The lowest BCUT2D eigenvalue weighted by Gasteiger charge is -2.16. The number of hydrogen-bond donors (Lipinski definition) is 1. The van der Waals surface area contributed by atoms with E-state index < -0.39 is 6.10 Å². The second-order valence-electron chi connectivity index (χ2n) is 4.68. The highest BCUT2D eigenvalue weighted by Gasteiger charge is 2.16. The molecular formula is C15H18N2O4. The van der Waals surface area contributed by atoms with Crippen molar-refractivity contribution in [1.29, 1.82) is 0 Å². The van der Waals surface area contributed by atoms with Crippen molar-refractivity contribution in [3.05, 3.63) is 51.9 Å². The van der Waals surface area contributed by atoms with Crippen molar-refractivity contribution in [2.24, 2.45) is 0 Å². The van der Waals surface area contributed by atoms with Gasteiger partial charge in [0.1, 0.15) is 17.6 Å². The summed E-state index contributed by atoms with van der Waals surface area (Å²) < 4.78 is 11.6. The van der Waals surface area contributed by atoms with Gasteiger partial charge in [0, 0.05) is 11.6 Å². The second-order valence-corrected chi connectivity index (χ2v) is 4.68. The molecule has 0 bridgehead atoms. The van der Waals surface area contributed by atoms with Crippen LogP contribution < -0.4 is 15.0 Å². The Morgan fingerprint density at radius 2 is 2.05 bits per heavy atom. The first kappa shape index (κ1) is 15.1. The largest absolute Gasteiger partial charge is 0.497 e. The third-order valence-corrected chi connectivity index (χ3v) is 3.15. The monoisotopic (exact) mass is 290 g/mol. The van der Waals surface area contributed by atoms with Gasteiger partial charge in [0.15, 0.2) is 0 Å². The molecule has 1 aromatic carbocycles. The number of aromatic nitrogens is 2. The molecule has 0 spiro atoms. The van der Waals surface area contributed by atoms with E-state index in [-0.39, 0.29) is 12.1 Å². The van der Waals surface area contributed by atoms with Gasteiger partial charge in [-0.2, -0.15) is 5.10 Å². The minimum atomic E-state index is -0.928. The van der Waals surface area contributed by atoms with Gasteiger partial charge in [-0.25, -0.2) is 4.68 Å². The number of benzene rings is 1. The number of hydrogen-bond acceptors (Lipinski definition) is 5. The third kappa shape index (κ3) is 3.41. The Balaban J connectivity index is 2.31. The maximum atomic E-state index is 11.8. The van der Waals surface area contributed by atoms with Crippen LogP contribution in [0.15, 0.2) is 35.3 Å². The highest BCUT2D eigenvalue weighted by Crippen LogP contribution is 2.29. The van der Waals surface area contributed by atoms with Crippen LogP contribution in [0.4, 0.5) is 0 Å². The first-order chi connectivity index (χ1) is 10.0. The van der Waals surface area contributed by atoms with E-state index in [0.29, 0.717) is 17.1 Å². The topological polar surface area (TPSA) is 73.6 Å². The van der Waals surface area contributed by atoms with Gasteiger partial charge >= 0.3 is 0 Å². The lowest BCUT2D eigenvalue weighted by molar-refractivity contribution is 0.145. The molecule has 0 radical (unpaired) electrons. The fraction of sp³-hybridized carbons (Fsp3) is 0.333. The molecular weight excluding hydrogens is 272 g/mol. The molecule has 6 nitrogen and oxygen atoms in total. The summed E-state index contributed by atoms with van der Waals surface area (Å²) in [6, 6.07) is 6.61. The zero-order valence-corrected chi connectivity index (χ0v) is 12.2. The molecule has 0 saturated carbocycles. The second kappa shape index (κ2) is 6.41. The standard InChI is InChI=1S/C15H18N2O4/c1-10-6-15(19)17(16-8-10)9-13(18)12-7-11(20-2)4-5-14(12)21-3/h4-8,13,18H,9H2,1-3H3. The van der Waals surface area contributed by atoms with Gasteiger partial charge in [-0.15, -0.1) is 0 Å². The molecule has 0 aliphatic rings. The number of aryl methyl sites for hydroxylation is 1. The summed E-state index contributed by atoms with van der Waals surface area (Å²) in [6.07, 6.45) is 0.652. The van der Waals surface area contributed by atoms with E-state index in [1.807, 2.05) is 0 Å². The molecule has 0 aliphatic heterocycles. The average molecular weight is 290 g/mol. The van der Waals surface area contributed by atoms with Crippen LogP contribution in [-0.4, -0.2) is 29.1 Å². The maximum absolute atomic E-state index is 11.8. The summed E-state index contributed by atoms with van der Waals surface area (Å²) in [5, 5.41) is 14.4. The lowest BCUT2D eigenvalue weighted by Crippen LogP contribution is -2.25. The van der Waals surface area contributed by atoms with Crippen molar-refractivity contribution in [3.63, 3.8) is 0 Å². The predicted molar refractivity (Wildman–Crippen MR) is 77.7 cm³/mol. The molecule has 0 saturated heterocycles. The minimum Gasteiger partial charge on any atom is -0.497 e. The van der Waals surface area contributed by atoms with E-state index in [1.165, 1.54) is 17.9 Å². The first-order valence-electron chi connectivity index (χ1n) is 6.49. The van der Waals surface area contributed by atoms with Crippen LogP contribution in [-0.2, 0) is 6.54 Å². The maximum Gasteiger partial charge on any atom is 0.267 e. The normalized spacial score (nSPS) is 12.0. The van der Waals surface area contributed by atoms with Crippen molar-refractivity contribution >= 4 is 0 Å². The van der Waals surface area contributed by atoms with Crippen molar-refractivity contribution in [2.45, 2.75) is 19.6 Å². The van der Waals surface area contributed by atoms with Gasteiger partial charge in [-0.05, 0) is 30.7 Å². The molecule has 1 unspecified atom stereocenters. The van der Waals surface area contributed by atoms with Crippen LogP contribution in [0.1, 0.15) is 17.2 Å². The fourth-order valence-corrected chi connectivity index (χ4v) is 2.02. The Labute approximate surface area is 122 Å². The number of nitrogens with zero attached hydrogens (tertiary/aromatic N) is 2. The van der Waals surface area contributed by atoms with Crippen LogP contribution in [0.3, 0.4) is 0 Å². The van der Waals surface area contributed by atoms with Crippen LogP contribution >= 0.6 is 0 Å². The Morgan fingerprint density at radius 3 is 2.67 bits per heavy atom. The summed E-state index contributed by atoms with van der Waals surface area (Å²) >= 11 is 0. The van der Waals surface area contributed by atoms with Crippen LogP contribution in [0.5, 0.6) is 11.5 Å². The molecule has 21 heavy (non-hydrogen) atoms. The van der Waals surface area contributed by atoms with Gasteiger partial charge in [-0.3, -0.25) is 4.79 Å². The number of aliphatic hydroxyl groups excluding tert-OH is 1.